The number of rotatable bonds is 5. The molecule has 1 unspecified atom stereocenters. The van der Waals surface area contributed by atoms with E-state index in [0.717, 1.165) is 45.4 Å². The highest BCUT2D eigenvalue weighted by molar-refractivity contribution is 5.79. The summed E-state index contributed by atoms with van der Waals surface area (Å²) in [6.45, 7) is 4.98. The third-order valence-electron chi connectivity index (χ3n) is 5.52. The first-order valence-corrected chi connectivity index (χ1v) is 8.97. The van der Waals surface area contributed by atoms with E-state index in [0.29, 0.717) is 19.0 Å². The summed E-state index contributed by atoms with van der Waals surface area (Å²) in [5, 5.41) is 6.53. The van der Waals surface area contributed by atoms with E-state index in [9.17, 15) is 9.59 Å². The van der Waals surface area contributed by atoms with Crippen LogP contribution in [0.3, 0.4) is 0 Å². The number of nitrogens with one attached hydrogen (secondary N) is 2. The molecule has 1 atom stereocenters. The number of likely N-dealkylation sites (tertiary alicyclic amines) is 1. The normalized spacial score (nSPS) is 27.5. The Hall–Kier alpha value is -1.14. The Labute approximate surface area is 138 Å². The minimum absolute atomic E-state index is 0.0164. The minimum atomic E-state index is -0.0164. The molecule has 0 bridgehead atoms. The van der Waals surface area contributed by atoms with Crippen molar-refractivity contribution in [1.29, 1.82) is 0 Å². The Morgan fingerprint density at radius 3 is 2.61 bits per heavy atom. The van der Waals surface area contributed by atoms with Gasteiger partial charge < -0.3 is 20.3 Å². The lowest BCUT2D eigenvalue weighted by Crippen LogP contribution is -2.56. The summed E-state index contributed by atoms with van der Waals surface area (Å²) < 4.78 is 5.50. The van der Waals surface area contributed by atoms with Crippen molar-refractivity contribution >= 4 is 11.8 Å². The molecule has 6 nitrogen and oxygen atoms in total. The van der Waals surface area contributed by atoms with Crippen LogP contribution in [0.5, 0.6) is 0 Å². The van der Waals surface area contributed by atoms with Gasteiger partial charge in [0.15, 0.2) is 0 Å². The van der Waals surface area contributed by atoms with Crippen LogP contribution in [0.2, 0.25) is 0 Å². The molecule has 2 amide bonds. The molecule has 1 saturated carbocycles. The lowest BCUT2D eigenvalue weighted by Gasteiger charge is -2.40. The molecule has 0 aromatic carbocycles. The number of piperidine rings is 1. The second-order valence-electron chi connectivity index (χ2n) is 7.28. The van der Waals surface area contributed by atoms with Gasteiger partial charge in [-0.15, -0.1) is 0 Å². The van der Waals surface area contributed by atoms with Crippen molar-refractivity contribution in [2.45, 2.75) is 57.0 Å². The van der Waals surface area contributed by atoms with Crippen molar-refractivity contribution in [3.63, 3.8) is 0 Å². The molecule has 2 heterocycles. The predicted octanol–water partition coefficient (Wildman–Crippen LogP) is 0.662. The van der Waals surface area contributed by atoms with E-state index < -0.39 is 0 Å². The second kappa shape index (κ2) is 7.18. The van der Waals surface area contributed by atoms with Gasteiger partial charge in [0.2, 0.25) is 11.8 Å². The third-order valence-corrected chi connectivity index (χ3v) is 5.52. The zero-order valence-electron chi connectivity index (χ0n) is 14.1. The monoisotopic (exact) mass is 323 g/mol. The van der Waals surface area contributed by atoms with Gasteiger partial charge in [-0.05, 0) is 44.4 Å². The summed E-state index contributed by atoms with van der Waals surface area (Å²) >= 11 is 0. The SMILES string of the molecule is CC(=O)NC1CCCN(C(=O)CNC2(C3CC3)CCOCC2)C1. The minimum Gasteiger partial charge on any atom is -0.381 e. The van der Waals surface area contributed by atoms with Crippen LogP contribution >= 0.6 is 0 Å². The first-order chi connectivity index (χ1) is 11.1. The summed E-state index contributed by atoms with van der Waals surface area (Å²) in [7, 11) is 0. The van der Waals surface area contributed by atoms with Gasteiger partial charge in [0.25, 0.3) is 0 Å². The number of nitrogens with zero attached hydrogens (tertiary/aromatic N) is 1. The topological polar surface area (TPSA) is 70.7 Å². The summed E-state index contributed by atoms with van der Waals surface area (Å²) in [6.07, 6.45) is 6.49. The standard InChI is InChI=1S/C17H29N3O3/c1-13(21)19-15-3-2-8-20(12-15)16(22)11-18-17(14-4-5-14)6-9-23-10-7-17/h14-15,18H,2-12H2,1H3,(H,19,21). The zero-order valence-corrected chi connectivity index (χ0v) is 14.1. The van der Waals surface area contributed by atoms with E-state index in [4.69, 9.17) is 4.74 Å². The number of amides is 2. The highest BCUT2D eigenvalue weighted by atomic mass is 16.5. The van der Waals surface area contributed by atoms with Crippen LogP contribution < -0.4 is 10.6 Å². The Morgan fingerprint density at radius 2 is 1.96 bits per heavy atom. The van der Waals surface area contributed by atoms with Crippen LogP contribution in [0.1, 0.15) is 45.4 Å². The van der Waals surface area contributed by atoms with Gasteiger partial charge in [-0.3, -0.25) is 9.59 Å². The van der Waals surface area contributed by atoms with Crippen LogP contribution in [-0.2, 0) is 14.3 Å². The Kier molecular flexibility index (Phi) is 5.21. The molecule has 0 aromatic heterocycles. The van der Waals surface area contributed by atoms with Crippen LogP contribution in [0.15, 0.2) is 0 Å². The largest absolute Gasteiger partial charge is 0.381 e. The summed E-state index contributed by atoms with van der Waals surface area (Å²) in [5.41, 5.74) is 0.112. The molecule has 3 rings (SSSR count). The molecule has 3 fully saturated rings. The summed E-state index contributed by atoms with van der Waals surface area (Å²) in [5.74, 6) is 0.858. The van der Waals surface area contributed by atoms with Crippen molar-refractivity contribution < 1.29 is 14.3 Å². The fraction of sp³-hybridized carbons (Fsp3) is 0.882. The Balaban J connectivity index is 1.51. The fourth-order valence-corrected chi connectivity index (χ4v) is 4.07. The van der Waals surface area contributed by atoms with Crippen molar-refractivity contribution in [3.05, 3.63) is 0 Å². The first kappa shape index (κ1) is 16.7. The maximum atomic E-state index is 12.6. The molecule has 2 aliphatic heterocycles. The number of carbonyl (C=O) groups excluding carboxylic acids is 2. The third kappa shape index (κ3) is 4.23. The van der Waals surface area contributed by atoms with Gasteiger partial charge in [-0.25, -0.2) is 0 Å². The highest BCUT2D eigenvalue weighted by Crippen LogP contribution is 2.44. The molecule has 0 spiro atoms. The molecular formula is C17H29N3O3. The number of hydrogen-bond acceptors (Lipinski definition) is 4. The zero-order chi connectivity index (χ0) is 16.3. The molecule has 6 heteroatoms. The van der Waals surface area contributed by atoms with Crippen LogP contribution in [0.4, 0.5) is 0 Å². The molecule has 0 radical (unpaired) electrons. The maximum absolute atomic E-state index is 12.6. The van der Waals surface area contributed by atoms with Crippen molar-refractivity contribution in [1.82, 2.24) is 15.5 Å². The van der Waals surface area contributed by atoms with E-state index in [-0.39, 0.29) is 23.4 Å². The second-order valence-corrected chi connectivity index (χ2v) is 7.28. The number of ether oxygens (including phenoxy) is 1. The van der Waals surface area contributed by atoms with E-state index in [1.165, 1.54) is 19.8 Å². The molecule has 23 heavy (non-hydrogen) atoms. The van der Waals surface area contributed by atoms with Crippen LogP contribution in [0, 0.1) is 5.92 Å². The molecule has 2 N–H and O–H groups in total. The lowest BCUT2D eigenvalue weighted by molar-refractivity contribution is -0.133. The summed E-state index contributed by atoms with van der Waals surface area (Å²) in [6, 6.07) is 0.102. The average molecular weight is 323 g/mol. The molecule has 130 valence electrons. The van der Waals surface area contributed by atoms with Gasteiger partial charge in [-0.2, -0.15) is 0 Å². The molecule has 3 aliphatic rings. The van der Waals surface area contributed by atoms with Crippen molar-refractivity contribution in [2.24, 2.45) is 5.92 Å². The predicted molar refractivity (Wildman–Crippen MR) is 86.9 cm³/mol. The van der Waals surface area contributed by atoms with Gasteiger partial charge in [0.05, 0.1) is 6.54 Å². The van der Waals surface area contributed by atoms with Gasteiger partial charge >= 0.3 is 0 Å². The van der Waals surface area contributed by atoms with Gasteiger partial charge in [-0.1, -0.05) is 0 Å². The average Bonchev–Trinajstić information content (AvgIpc) is 3.38. The van der Waals surface area contributed by atoms with Gasteiger partial charge in [0.1, 0.15) is 0 Å². The molecule has 0 aromatic rings. The van der Waals surface area contributed by atoms with E-state index in [1.54, 1.807) is 0 Å². The fourth-order valence-electron chi connectivity index (χ4n) is 4.07. The maximum Gasteiger partial charge on any atom is 0.236 e. The van der Waals surface area contributed by atoms with Gasteiger partial charge in [0, 0.05) is 44.8 Å². The molecule has 2 saturated heterocycles. The van der Waals surface area contributed by atoms with Crippen LogP contribution in [-0.4, -0.2) is 61.1 Å². The lowest BCUT2D eigenvalue weighted by atomic mass is 9.85. The summed E-state index contributed by atoms with van der Waals surface area (Å²) in [4.78, 5) is 25.7. The highest BCUT2D eigenvalue weighted by Gasteiger charge is 2.46. The number of hydrogen-bond donors (Lipinski definition) is 2. The van der Waals surface area contributed by atoms with E-state index in [1.807, 2.05) is 4.90 Å². The van der Waals surface area contributed by atoms with Crippen molar-refractivity contribution in [3.8, 4) is 0 Å². The van der Waals surface area contributed by atoms with Crippen molar-refractivity contribution in [2.75, 3.05) is 32.8 Å². The quantitative estimate of drug-likeness (QED) is 0.780. The number of carbonyl (C=O) groups is 2. The first-order valence-electron chi connectivity index (χ1n) is 8.97. The molecule has 1 aliphatic carbocycles. The molecular weight excluding hydrogens is 294 g/mol. The van der Waals surface area contributed by atoms with E-state index >= 15 is 0 Å². The smallest absolute Gasteiger partial charge is 0.236 e. The Bertz CT molecular complexity index is 444. The Morgan fingerprint density at radius 1 is 1.22 bits per heavy atom. The van der Waals surface area contributed by atoms with E-state index in [2.05, 4.69) is 10.6 Å². The van der Waals surface area contributed by atoms with Crippen LogP contribution in [0.25, 0.3) is 0 Å².